The van der Waals surface area contributed by atoms with Crippen LogP contribution in [0, 0.1) is 0 Å². The van der Waals surface area contributed by atoms with E-state index in [9.17, 15) is 8.42 Å². The number of halogens is 1. The van der Waals surface area contributed by atoms with E-state index in [-0.39, 0.29) is 5.75 Å². The normalized spacial score (nSPS) is 11.7. The van der Waals surface area contributed by atoms with Crippen molar-refractivity contribution in [1.29, 1.82) is 0 Å². The molecule has 11 heavy (non-hydrogen) atoms. The van der Waals surface area contributed by atoms with Gasteiger partial charge in [-0.15, -0.1) is 0 Å². The molecule has 1 rings (SSSR count). The van der Waals surface area contributed by atoms with Gasteiger partial charge in [0.25, 0.3) is 0 Å². The van der Waals surface area contributed by atoms with E-state index in [0.717, 1.165) is 5.69 Å². The van der Waals surface area contributed by atoms with Crippen LogP contribution in [0.3, 0.4) is 0 Å². The molecule has 0 aliphatic rings. The maximum atomic E-state index is 10.5. The summed E-state index contributed by atoms with van der Waals surface area (Å²) in [6.45, 7) is 0. The molecule has 62 valence electrons. The van der Waals surface area contributed by atoms with Gasteiger partial charge in [-0.3, -0.25) is 0 Å². The van der Waals surface area contributed by atoms with E-state index < -0.39 is 9.05 Å². The Bertz CT molecular complexity index is 305. The van der Waals surface area contributed by atoms with E-state index >= 15 is 0 Å². The number of aromatic nitrogens is 2. The molecule has 4 nitrogen and oxygen atoms in total. The van der Waals surface area contributed by atoms with E-state index in [1.54, 1.807) is 6.20 Å². The predicted molar refractivity (Wildman–Crippen MR) is 41.9 cm³/mol. The van der Waals surface area contributed by atoms with E-state index in [2.05, 4.69) is 9.97 Å². The van der Waals surface area contributed by atoms with Gasteiger partial charge in [-0.05, 0) is 0 Å². The molecular formula is C5H7ClN2O2S. The second kappa shape index (κ2) is 3.23. The Balaban J connectivity index is 2.48. The third kappa shape index (κ3) is 3.38. The number of aromatic amines is 1. The molecule has 0 aromatic carbocycles. The number of imidazole rings is 1. The van der Waals surface area contributed by atoms with Gasteiger partial charge in [0.1, 0.15) is 0 Å². The molecule has 0 bridgehead atoms. The van der Waals surface area contributed by atoms with Crippen molar-refractivity contribution < 1.29 is 8.42 Å². The number of aryl methyl sites for hydroxylation is 1. The summed E-state index contributed by atoms with van der Waals surface area (Å²) in [7, 11) is 1.61. The molecular weight excluding hydrogens is 188 g/mol. The molecule has 0 saturated heterocycles. The Morgan fingerprint density at radius 3 is 2.82 bits per heavy atom. The fourth-order valence-electron chi connectivity index (χ4n) is 0.653. The van der Waals surface area contributed by atoms with Crippen molar-refractivity contribution in [2.45, 2.75) is 6.42 Å². The summed E-state index contributed by atoms with van der Waals surface area (Å²) in [5.74, 6) is -0.0588. The van der Waals surface area contributed by atoms with Crippen LogP contribution < -0.4 is 0 Å². The van der Waals surface area contributed by atoms with Crippen LogP contribution in [-0.4, -0.2) is 24.1 Å². The molecule has 0 fully saturated rings. The standard InChI is InChI=1S/C5H7ClN2O2S/c6-11(9,10)2-1-5-3-7-4-8-5/h3-4H,1-2H2,(H,7,8). The van der Waals surface area contributed by atoms with E-state index in [0.29, 0.717) is 6.42 Å². The van der Waals surface area contributed by atoms with Crippen LogP contribution in [0.2, 0.25) is 0 Å². The van der Waals surface area contributed by atoms with Crippen molar-refractivity contribution >= 4 is 19.7 Å². The van der Waals surface area contributed by atoms with Gasteiger partial charge in [-0.1, -0.05) is 0 Å². The number of nitrogens with one attached hydrogen (secondary N) is 1. The average Bonchev–Trinajstić information content (AvgIpc) is 2.32. The SMILES string of the molecule is O=S(=O)(Cl)CCc1cnc[nH]1. The summed E-state index contributed by atoms with van der Waals surface area (Å²) in [6.07, 6.45) is 3.45. The predicted octanol–water partition coefficient (Wildman–Crippen LogP) is 0.521. The van der Waals surface area contributed by atoms with Crippen LogP contribution in [0.1, 0.15) is 5.69 Å². The molecule has 1 N–H and O–H groups in total. The third-order valence-corrected chi connectivity index (χ3v) is 2.32. The lowest BCUT2D eigenvalue weighted by Gasteiger charge is -1.91. The molecule has 0 amide bonds. The van der Waals surface area contributed by atoms with Crippen LogP contribution in [0.15, 0.2) is 12.5 Å². The molecule has 0 spiro atoms. The summed E-state index contributed by atoms with van der Waals surface area (Å²) in [6, 6.07) is 0. The topological polar surface area (TPSA) is 62.8 Å². The molecule has 0 radical (unpaired) electrons. The van der Waals surface area contributed by atoms with Gasteiger partial charge >= 0.3 is 0 Å². The average molecular weight is 195 g/mol. The van der Waals surface area contributed by atoms with Crippen molar-refractivity contribution in [3.8, 4) is 0 Å². The number of hydrogen-bond donors (Lipinski definition) is 1. The highest BCUT2D eigenvalue weighted by atomic mass is 35.7. The molecule has 0 atom stereocenters. The Morgan fingerprint density at radius 1 is 1.64 bits per heavy atom. The van der Waals surface area contributed by atoms with Gasteiger partial charge in [-0.2, -0.15) is 0 Å². The zero-order chi connectivity index (χ0) is 8.32. The molecule has 6 heteroatoms. The van der Waals surface area contributed by atoms with Crippen LogP contribution in [-0.2, 0) is 15.5 Å². The lowest BCUT2D eigenvalue weighted by Crippen LogP contribution is -2.00. The number of H-pyrrole nitrogens is 1. The van der Waals surface area contributed by atoms with E-state index in [4.69, 9.17) is 10.7 Å². The first-order chi connectivity index (χ1) is 5.08. The maximum absolute atomic E-state index is 10.5. The highest BCUT2D eigenvalue weighted by molar-refractivity contribution is 8.13. The minimum absolute atomic E-state index is 0.0588. The minimum Gasteiger partial charge on any atom is -0.348 e. The first-order valence-corrected chi connectivity index (χ1v) is 5.45. The third-order valence-electron chi connectivity index (χ3n) is 1.17. The Morgan fingerprint density at radius 2 is 2.36 bits per heavy atom. The molecule has 0 aliphatic heterocycles. The van der Waals surface area contributed by atoms with Crippen LogP contribution in [0.4, 0.5) is 0 Å². The Hall–Kier alpha value is -0.550. The van der Waals surface area contributed by atoms with E-state index in [1.165, 1.54) is 6.33 Å². The van der Waals surface area contributed by atoms with Crippen molar-refractivity contribution in [2.75, 3.05) is 5.75 Å². The Labute approximate surface area is 69.0 Å². The van der Waals surface area contributed by atoms with Crippen LogP contribution in [0.5, 0.6) is 0 Å². The van der Waals surface area contributed by atoms with Gasteiger partial charge in [0.05, 0.1) is 12.1 Å². The zero-order valence-corrected chi connectivity index (χ0v) is 7.19. The van der Waals surface area contributed by atoms with E-state index in [1.807, 2.05) is 0 Å². The first kappa shape index (κ1) is 8.55. The maximum Gasteiger partial charge on any atom is 0.232 e. The zero-order valence-electron chi connectivity index (χ0n) is 5.62. The van der Waals surface area contributed by atoms with Crippen molar-refractivity contribution in [2.24, 2.45) is 0 Å². The van der Waals surface area contributed by atoms with Crippen molar-refractivity contribution in [3.05, 3.63) is 18.2 Å². The lowest BCUT2D eigenvalue weighted by atomic mass is 10.4. The Kier molecular flexibility index (Phi) is 2.51. The van der Waals surface area contributed by atoms with Crippen LogP contribution in [0.25, 0.3) is 0 Å². The second-order valence-electron chi connectivity index (χ2n) is 2.07. The summed E-state index contributed by atoms with van der Waals surface area (Å²) >= 11 is 0. The van der Waals surface area contributed by atoms with Gasteiger partial charge in [0.2, 0.25) is 9.05 Å². The highest BCUT2D eigenvalue weighted by Crippen LogP contribution is 2.00. The lowest BCUT2D eigenvalue weighted by molar-refractivity contribution is 0.608. The largest absolute Gasteiger partial charge is 0.348 e. The van der Waals surface area contributed by atoms with Crippen molar-refractivity contribution in [3.63, 3.8) is 0 Å². The second-order valence-corrected chi connectivity index (χ2v) is 4.97. The fourth-order valence-corrected chi connectivity index (χ4v) is 1.35. The number of rotatable bonds is 3. The first-order valence-electron chi connectivity index (χ1n) is 2.97. The molecule has 1 aromatic heterocycles. The molecule has 1 aromatic rings. The smallest absolute Gasteiger partial charge is 0.232 e. The summed E-state index contributed by atoms with van der Waals surface area (Å²) < 4.78 is 20.9. The fraction of sp³-hybridized carbons (Fsp3) is 0.400. The quantitative estimate of drug-likeness (QED) is 0.714. The minimum atomic E-state index is -3.38. The molecule has 0 unspecified atom stereocenters. The number of nitrogens with zero attached hydrogens (tertiary/aromatic N) is 1. The highest BCUT2D eigenvalue weighted by Gasteiger charge is 2.05. The van der Waals surface area contributed by atoms with Gasteiger partial charge in [0.15, 0.2) is 0 Å². The van der Waals surface area contributed by atoms with Crippen molar-refractivity contribution in [1.82, 2.24) is 9.97 Å². The van der Waals surface area contributed by atoms with Crippen LogP contribution >= 0.6 is 10.7 Å². The van der Waals surface area contributed by atoms with Gasteiger partial charge in [-0.25, -0.2) is 13.4 Å². The summed E-state index contributed by atoms with van der Waals surface area (Å²) in [5, 5.41) is 0. The van der Waals surface area contributed by atoms with Gasteiger partial charge < -0.3 is 4.98 Å². The number of hydrogen-bond acceptors (Lipinski definition) is 3. The molecule has 1 heterocycles. The van der Waals surface area contributed by atoms with Gasteiger partial charge in [0, 0.05) is 29.0 Å². The molecule has 0 saturated carbocycles. The summed E-state index contributed by atoms with van der Waals surface area (Å²) in [4.78, 5) is 6.50. The summed E-state index contributed by atoms with van der Waals surface area (Å²) in [5.41, 5.74) is 0.772. The molecule has 0 aliphatic carbocycles. The monoisotopic (exact) mass is 194 g/mol.